The number of ether oxygens (including phenoxy) is 1. The highest BCUT2D eigenvalue weighted by Crippen LogP contribution is 2.35. The van der Waals surface area contributed by atoms with Gasteiger partial charge in [0.05, 0.1) is 18.8 Å². The van der Waals surface area contributed by atoms with Crippen LogP contribution in [0.1, 0.15) is 56.9 Å². The van der Waals surface area contributed by atoms with Gasteiger partial charge in [-0.05, 0) is 69.3 Å². The van der Waals surface area contributed by atoms with Crippen LogP contribution in [0.15, 0.2) is 24.3 Å². The van der Waals surface area contributed by atoms with E-state index in [-0.39, 0.29) is 36.0 Å². The van der Waals surface area contributed by atoms with E-state index < -0.39 is 0 Å². The number of hydrogen-bond acceptors (Lipinski definition) is 4. The molecule has 1 saturated heterocycles. The van der Waals surface area contributed by atoms with Gasteiger partial charge in [0.15, 0.2) is 0 Å². The maximum atomic E-state index is 14.1. The van der Waals surface area contributed by atoms with E-state index in [1.807, 2.05) is 24.0 Å². The number of nitrogens with zero attached hydrogens (tertiary/aromatic N) is 1. The normalized spacial score (nSPS) is 27.1. The summed E-state index contributed by atoms with van der Waals surface area (Å²) >= 11 is 1.76. The van der Waals surface area contributed by atoms with Crippen LogP contribution in [0.25, 0.3) is 0 Å². The summed E-state index contributed by atoms with van der Waals surface area (Å²) in [6.45, 7) is 3.91. The molecule has 3 rings (SSSR count). The first-order valence-electron chi connectivity index (χ1n) is 11.3. The van der Waals surface area contributed by atoms with Gasteiger partial charge in [0, 0.05) is 25.0 Å². The lowest BCUT2D eigenvalue weighted by molar-refractivity contribution is -0.0191. The number of urea groups is 1. The second-order valence-corrected chi connectivity index (χ2v) is 9.18. The van der Waals surface area contributed by atoms with E-state index in [2.05, 4.69) is 16.9 Å². The molecule has 0 bridgehead atoms. The molecule has 1 aliphatic carbocycles. The lowest BCUT2D eigenvalue weighted by Gasteiger charge is -2.42. The van der Waals surface area contributed by atoms with E-state index in [0.717, 1.165) is 56.5 Å². The first-order chi connectivity index (χ1) is 14.6. The highest BCUT2D eigenvalue weighted by molar-refractivity contribution is 7.98. The minimum Gasteiger partial charge on any atom is -0.376 e. The zero-order chi connectivity index (χ0) is 21.3. The molecule has 1 aromatic carbocycles. The molecule has 5 nitrogen and oxygen atoms in total. The van der Waals surface area contributed by atoms with Crippen molar-refractivity contribution >= 4 is 17.8 Å². The van der Waals surface area contributed by atoms with Gasteiger partial charge in [0.25, 0.3) is 0 Å². The van der Waals surface area contributed by atoms with Crippen LogP contribution in [0.4, 0.5) is 9.18 Å². The van der Waals surface area contributed by atoms with E-state index in [1.54, 1.807) is 23.9 Å². The molecular formula is C23H36FN3O2S. The number of likely N-dealkylation sites (tertiary alicyclic amines) is 1. The van der Waals surface area contributed by atoms with Gasteiger partial charge in [-0.25, -0.2) is 9.18 Å². The number of piperidine rings is 1. The maximum absolute atomic E-state index is 14.1. The Morgan fingerprint density at radius 1 is 1.23 bits per heavy atom. The molecule has 1 saturated carbocycles. The van der Waals surface area contributed by atoms with Gasteiger partial charge < -0.3 is 20.3 Å². The molecule has 1 heterocycles. The fourth-order valence-corrected chi connectivity index (χ4v) is 5.16. The van der Waals surface area contributed by atoms with Crippen molar-refractivity contribution in [1.29, 1.82) is 0 Å². The third-order valence-corrected chi connectivity index (χ3v) is 6.83. The van der Waals surface area contributed by atoms with Crippen LogP contribution < -0.4 is 10.6 Å². The van der Waals surface area contributed by atoms with Gasteiger partial charge in [-0.3, -0.25) is 0 Å². The third-order valence-electron chi connectivity index (χ3n) is 6.38. The fraction of sp³-hybridized carbons (Fsp3) is 0.696. The molecule has 2 atom stereocenters. The molecule has 30 heavy (non-hydrogen) atoms. The minimum atomic E-state index is -0.0932. The number of benzene rings is 1. The number of thioether (sulfide) groups is 1. The Morgan fingerprint density at radius 3 is 2.70 bits per heavy atom. The van der Waals surface area contributed by atoms with Gasteiger partial charge in [-0.1, -0.05) is 18.2 Å². The van der Waals surface area contributed by atoms with E-state index in [0.29, 0.717) is 13.2 Å². The number of hydrogen-bond donors (Lipinski definition) is 2. The lowest BCUT2D eigenvalue weighted by atomic mass is 9.82. The van der Waals surface area contributed by atoms with Gasteiger partial charge in [-0.15, -0.1) is 11.8 Å². The van der Waals surface area contributed by atoms with Gasteiger partial charge in [0.2, 0.25) is 0 Å². The zero-order valence-corrected chi connectivity index (χ0v) is 19.1. The number of carbonyl (C=O) groups excluding carboxylic acids is 1. The summed E-state index contributed by atoms with van der Waals surface area (Å²) in [5.41, 5.74) is 0.840. The first-order valence-corrected chi connectivity index (χ1v) is 12.7. The van der Waals surface area contributed by atoms with Crippen molar-refractivity contribution in [2.45, 2.75) is 69.6 Å². The number of rotatable bonds is 8. The van der Waals surface area contributed by atoms with Gasteiger partial charge in [-0.2, -0.15) is 0 Å². The highest BCUT2D eigenvalue weighted by Gasteiger charge is 2.35. The van der Waals surface area contributed by atoms with Crippen LogP contribution in [0, 0.1) is 5.82 Å². The number of nitrogens with one attached hydrogen (secondary N) is 2. The van der Waals surface area contributed by atoms with Crippen LogP contribution in [-0.2, 0) is 4.74 Å². The molecule has 0 radical (unpaired) electrons. The molecule has 7 heteroatoms. The maximum Gasteiger partial charge on any atom is 0.317 e. The molecule has 0 spiro atoms. The predicted octanol–water partition coefficient (Wildman–Crippen LogP) is 4.34. The monoisotopic (exact) mass is 437 g/mol. The minimum absolute atomic E-state index is 0.00464. The average Bonchev–Trinajstić information content (AvgIpc) is 2.77. The Labute approximate surface area is 184 Å². The Balaban J connectivity index is 1.55. The lowest BCUT2D eigenvalue weighted by Crippen LogP contribution is -2.60. The molecule has 168 valence electrons. The largest absolute Gasteiger partial charge is 0.376 e. The Kier molecular flexibility index (Phi) is 9.27. The molecule has 2 N–H and O–H groups in total. The molecule has 2 aliphatic rings. The van der Waals surface area contributed by atoms with Crippen molar-refractivity contribution in [2.75, 3.05) is 31.8 Å². The van der Waals surface area contributed by atoms with Crippen LogP contribution in [0.5, 0.6) is 0 Å². The third kappa shape index (κ3) is 6.11. The van der Waals surface area contributed by atoms with Crippen molar-refractivity contribution < 1.29 is 13.9 Å². The van der Waals surface area contributed by atoms with Crippen molar-refractivity contribution in [2.24, 2.45) is 0 Å². The Hall–Kier alpha value is -1.31. The number of halogens is 1. The summed E-state index contributed by atoms with van der Waals surface area (Å²) < 4.78 is 20.4. The molecule has 1 aromatic rings. The standard InChI is InChI=1S/C23H36FN3O2S/c1-3-25-23(28)27-14-6-9-21(26-16-30-2)22(27)15-29-18-12-10-17(11-13-18)19-7-4-5-8-20(19)24/h4-5,7-8,17-18,21-22,26H,3,6,9-16H2,1-2H3,(H,25,28)/t17-,18+,21-,22-/m0/s1. The van der Waals surface area contributed by atoms with Gasteiger partial charge in [0.1, 0.15) is 5.82 Å². The molecule has 2 fully saturated rings. The Bertz CT molecular complexity index is 670. The quantitative estimate of drug-likeness (QED) is 0.594. The summed E-state index contributed by atoms with van der Waals surface area (Å²) in [5.74, 6) is 1.06. The van der Waals surface area contributed by atoms with Crippen molar-refractivity contribution in [3.63, 3.8) is 0 Å². The number of carbonyl (C=O) groups is 1. The molecule has 2 amide bonds. The van der Waals surface area contributed by atoms with Crippen molar-refractivity contribution in [3.05, 3.63) is 35.6 Å². The van der Waals surface area contributed by atoms with E-state index in [4.69, 9.17) is 4.74 Å². The van der Waals surface area contributed by atoms with E-state index in [1.165, 1.54) is 0 Å². The van der Waals surface area contributed by atoms with E-state index in [9.17, 15) is 9.18 Å². The summed E-state index contributed by atoms with van der Waals surface area (Å²) in [6.07, 6.45) is 8.11. The van der Waals surface area contributed by atoms with Crippen LogP contribution in [0.2, 0.25) is 0 Å². The van der Waals surface area contributed by atoms with E-state index >= 15 is 0 Å². The summed E-state index contributed by atoms with van der Waals surface area (Å²) in [6, 6.07) is 7.44. The highest BCUT2D eigenvalue weighted by atomic mass is 32.2. The van der Waals surface area contributed by atoms with Crippen molar-refractivity contribution in [1.82, 2.24) is 15.5 Å². The average molecular weight is 438 g/mol. The second kappa shape index (κ2) is 11.9. The topological polar surface area (TPSA) is 53.6 Å². The molecule has 0 aromatic heterocycles. The molecule has 1 aliphatic heterocycles. The SMILES string of the molecule is CCNC(=O)N1CCC[C@H](NCSC)[C@@H]1CO[C@H]1CC[C@@H](c2ccccc2F)CC1. The van der Waals surface area contributed by atoms with Crippen LogP contribution >= 0.6 is 11.8 Å². The van der Waals surface area contributed by atoms with Crippen LogP contribution in [0.3, 0.4) is 0 Å². The van der Waals surface area contributed by atoms with Crippen LogP contribution in [-0.4, -0.2) is 60.9 Å². The predicted molar refractivity (Wildman–Crippen MR) is 121 cm³/mol. The first kappa shape index (κ1) is 23.4. The Morgan fingerprint density at radius 2 is 2.00 bits per heavy atom. The zero-order valence-electron chi connectivity index (χ0n) is 18.2. The molecule has 0 unspecified atom stereocenters. The summed E-state index contributed by atoms with van der Waals surface area (Å²) in [4.78, 5) is 14.6. The van der Waals surface area contributed by atoms with Crippen molar-refractivity contribution in [3.8, 4) is 0 Å². The fourth-order valence-electron chi connectivity index (χ4n) is 4.78. The summed E-state index contributed by atoms with van der Waals surface area (Å²) in [5, 5.41) is 6.54. The number of amides is 2. The summed E-state index contributed by atoms with van der Waals surface area (Å²) in [7, 11) is 0. The second-order valence-electron chi connectivity index (χ2n) is 8.31. The van der Waals surface area contributed by atoms with Gasteiger partial charge >= 0.3 is 6.03 Å². The smallest absolute Gasteiger partial charge is 0.317 e. The molecular weight excluding hydrogens is 401 g/mol.